The first-order valence-corrected chi connectivity index (χ1v) is 19.4. The number of benzene rings is 4. The third kappa shape index (κ3) is 26.5. The van der Waals surface area contributed by atoms with Crippen LogP contribution in [0.25, 0.3) is 0 Å². The van der Waals surface area contributed by atoms with Gasteiger partial charge in [0.1, 0.15) is 0 Å². The molecule has 0 aliphatic rings. The average molecular weight is 686 g/mol. The number of hydrogen-bond acceptors (Lipinski definition) is 1. The summed E-state index contributed by atoms with van der Waals surface area (Å²) in [6, 6.07) is 46.7. The first kappa shape index (κ1) is 45.1. The number of aryl methyl sites for hydroxylation is 1. The third-order valence-corrected chi connectivity index (χ3v) is 7.57. The van der Waals surface area contributed by atoms with Gasteiger partial charge in [-0.1, -0.05) is 196 Å². The molecule has 1 aromatic heterocycles. The van der Waals surface area contributed by atoms with Crippen LogP contribution in [0.5, 0.6) is 0 Å². The summed E-state index contributed by atoms with van der Waals surface area (Å²) in [6.45, 7) is 24.5. The van der Waals surface area contributed by atoms with Crippen molar-refractivity contribution in [2.45, 2.75) is 108 Å². The molecule has 5 rings (SSSR count). The summed E-state index contributed by atoms with van der Waals surface area (Å²) in [4.78, 5) is 4.22. The van der Waals surface area contributed by atoms with E-state index < -0.39 is 0 Å². The summed E-state index contributed by atoms with van der Waals surface area (Å²) in [7, 11) is 0. The summed E-state index contributed by atoms with van der Waals surface area (Å²) < 4.78 is 0. The van der Waals surface area contributed by atoms with Gasteiger partial charge in [-0.15, -0.1) is 0 Å². The molecule has 0 aliphatic carbocycles. The van der Waals surface area contributed by atoms with Crippen LogP contribution < -0.4 is 0 Å². The maximum Gasteiger partial charge on any atom is 0.0406 e. The van der Waals surface area contributed by atoms with Gasteiger partial charge < -0.3 is 0 Å². The average Bonchev–Trinajstić information content (AvgIpc) is 3.08. The predicted molar refractivity (Wildman–Crippen MR) is 227 cm³/mol. The van der Waals surface area contributed by atoms with Crippen LogP contribution in [0.15, 0.2) is 140 Å². The zero-order valence-electron chi connectivity index (χ0n) is 34.1. The highest BCUT2D eigenvalue weighted by atomic mass is 14.7. The lowest BCUT2D eigenvalue weighted by Gasteiger charge is -2.04. The van der Waals surface area contributed by atoms with Crippen LogP contribution in [0.2, 0.25) is 0 Å². The van der Waals surface area contributed by atoms with Gasteiger partial charge in [0.05, 0.1) is 0 Å². The van der Waals surface area contributed by atoms with Crippen molar-refractivity contribution in [3.05, 3.63) is 173 Å². The van der Waals surface area contributed by atoms with Gasteiger partial charge in [-0.3, -0.25) is 4.98 Å². The quantitative estimate of drug-likeness (QED) is 0.143. The maximum atomic E-state index is 4.22. The third-order valence-electron chi connectivity index (χ3n) is 7.57. The lowest BCUT2D eigenvalue weighted by molar-refractivity contribution is 0.635. The van der Waals surface area contributed by atoms with E-state index in [2.05, 4.69) is 202 Å². The van der Waals surface area contributed by atoms with Crippen LogP contribution in [-0.2, 0) is 32.1 Å². The van der Waals surface area contributed by atoms with Crippen molar-refractivity contribution < 1.29 is 0 Å². The molecule has 51 heavy (non-hydrogen) atoms. The molecule has 0 atom stereocenters. The van der Waals surface area contributed by atoms with Gasteiger partial charge in [-0.05, 0) is 103 Å². The highest BCUT2D eigenvalue weighted by Gasteiger charge is 1.98. The summed E-state index contributed by atoms with van der Waals surface area (Å²) in [5.41, 5.74) is 8.31. The fourth-order valence-electron chi connectivity index (χ4n) is 5.39. The van der Waals surface area contributed by atoms with Crippen LogP contribution in [0.3, 0.4) is 0 Å². The molecule has 1 heteroatoms. The van der Waals surface area contributed by atoms with Crippen molar-refractivity contribution in [2.75, 3.05) is 0 Å². The number of aromatic nitrogens is 1. The van der Waals surface area contributed by atoms with E-state index in [1.807, 2.05) is 18.3 Å². The molecular weight excluding hydrogens is 615 g/mol. The number of nitrogens with zero attached hydrogens (tertiary/aromatic N) is 1. The van der Waals surface area contributed by atoms with Gasteiger partial charge in [-0.2, -0.15) is 0 Å². The molecule has 5 aromatic rings. The van der Waals surface area contributed by atoms with Crippen LogP contribution >= 0.6 is 0 Å². The lowest BCUT2D eigenvalue weighted by Crippen LogP contribution is -1.95. The second kappa shape index (κ2) is 27.7. The second-order valence-corrected chi connectivity index (χ2v) is 15.8. The van der Waals surface area contributed by atoms with Crippen molar-refractivity contribution in [3.8, 4) is 0 Å². The molecule has 0 N–H and O–H groups in total. The van der Waals surface area contributed by atoms with Gasteiger partial charge >= 0.3 is 0 Å². The largest absolute Gasteiger partial charge is 0.261 e. The maximum absolute atomic E-state index is 4.22. The molecule has 1 nitrogen and oxygen atoms in total. The standard InChI is InChI=1S/C11H16.3C10H14.C9H13N/c1-9(2)8-11-6-4-10(3)5-7-11;3*1-9(2)8-10-6-4-3-5-7-10;1-8(2)7-9-5-3-4-6-10-9/h4-7,9H,8H2,1-3H3;3*3-7,9H,8H2,1-2H3;3-6,8H,7H2,1-2H3. The van der Waals surface area contributed by atoms with Gasteiger partial charge in [0, 0.05) is 11.9 Å². The van der Waals surface area contributed by atoms with Crippen LogP contribution in [0.4, 0.5) is 0 Å². The van der Waals surface area contributed by atoms with Gasteiger partial charge in [0.2, 0.25) is 0 Å². The van der Waals surface area contributed by atoms with E-state index in [1.165, 1.54) is 59.2 Å². The highest BCUT2D eigenvalue weighted by molar-refractivity contribution is 5.21. The van der Waals surface area contributed by atoms with Gasteiger partial charge in [0.15, 0.2) is 0 Å². The van der Waals surface area contributed by atoms with Crippen LogP contribution in [-0.4, -0.2) is 4.98 Å². The van der Waals surface area contributed by atoms with Crippen molar-refractivity contribution in [1.29, 1.82) is 0 Å². The molecule has 276 valence electrons. The molecule has 0 fully saturated rings. The SMILES string of the molecule is CC(C)Cc1ccccc1.CC(C)Cc1ccccc1.CC(C)Cc1ccccc1.CC(C)Cc1ccccn1.Cc1ccc(CC(C)C)cc1. The lowest BCUT2D eigenvalue weighted by atomic mass is 10.0. The van der Waals surface area contributed by atoms with E-state index in [4.69, 9.17) is 0 Å². The minimum atomic E-state index is 0.704. The molecule has 0 saturated carbocycles. The summed E-state index contributed by atoms with van der Waals surface area (Å²) in [5, 5.41) is 0. The second-order valence-electron chi connectivity index (χ2n) is 15.8. The Morgan fingerprint density at radius 2 is 0.627 bits per heavy atom. The topological polar surface area (TPSA) is 12.9 Å². The number of hydrogen-bond donors (Lipinski definition) is 0. The monoisotopic (exact) mass is 686 g/mol. The first-order chi connectivity index (χ1) is 24.3. The smallest absolute Gasteiger partial charge is 0.0406 e. The number of rotatable bonds is 10. The number of pyridine rings is 1. The first-order valence-electron chi connectivity index (χ1n) is 19.4. The Morgan fingerprint density at radius 3 is 0.902 bits per heavy atom. The molecule has 0 saturated heterocycles. The zero-order valence-corrected chi connectivity index (χ0v) is 34.1. The minimum Gasteiger partial charge on any atom is -0.261 e. The predicted octanol–water partition coefficient (Wildman–Crippen LogP) is 14.1. The molecule has 0 aliphatic heterocycles. The zero-order chi connectivity index (χ0) is 37.9. The fraction of sp³-hybridized carbons (Fsp3) is 0.420. The van der Waals surface area contributed by atoms with E-state index in [1.54, 1.807) is 0 Å². The van der Waals surface area contributed by atoms with E-state index >= 15 is 0 Å². The Hall–Kier alpha value is -3.97. The van der Waals surface area contributed by atoms with E-state index in [9.17, 15) is 0 Å². The van der Waals surface area contributed by atoms with Gasteiger partial charge in [0.25, 0.3) is 0 Å². The fourth-order valence-corrected chi connectivity index (χ4v) is 5.39. The normalized spacial score (nSPS) is 10.4. The Morgan fingerprint density at radius 1 is 0.333 bits per heavy atom. The van der Waals surface area contributed by atoms with E-state index in [0.29, 0.717) is 5.92 Å². The van der Waals surface area contributed by atoms with E-state index in [0.717, 1.165) is 30.1 Å². The Labute approximate surface area is 315 Å². The Bertz CT molecular complexity index is 1270. The van der Waals surface area contributed by atoms with Gasteiger partial charge in [-0.25, -0.2) is 0 Å². The molecule has 0 amide bonds. The van der Waals surface area contributed by atoms with Crippen molar-refractivity contribution in [2.24, 2.45) is 29.6 Å². The van der Waals surface area contributed by atoms with E-state index in [-0.39, 0.29) is 0 Å². The Balaban J connectivity index is 0.000000319. The summed E-state index contributed by atoms with van der Waals surface area (Å²) in [6.07, 6.45) is 7.71. The van der Waals surface area contributed by atoms with Crippen molar-refractivity contribution in [1.82, 2.24) is 4.98 Å². The van der Waals surface area contributed by atoms with Crippen molar-refractivity contribution >= 4 is 0 Å². The molecular formula is C50H71N. The molecule has 0 bridgehead atoms. The summed E-state index contributed by atoms with van der Waals surface area (Å²) >= 11 is 0. The Kier molecular flexibility index (Phi) is 24.5. The molecule has 0 spiro atoms. The molecule has 1 heterocycles. The van der Waals surface area contributed by atoms with Crippen LogP contribution in [0.1, 0.15) is 103 Å². The molecule has 0 unspecified atom stereocenters. The minimum absolute atomic E-state index is 0.704. The van der Waals surface area contributed by atoms with Crippen LogP contribution in [0, 0.1) is 36.5 Å². The molecule has 4 aromatic carbocycles. The summed E-state index contributed by atoms with van der Waals surface area (Å²) in [5.74, 6) is 3.76. The highest BCUT2D eigenvalue weighted by Crippen LogP contribution is 2.10. The molecule has 0 radical (unpaired) electrons. The van der Waals surface area contributed by atoms with Crippen molar-refractivity contribution in [3.63, 3.8) is 0 Å².